The van der Waals surface area contributed by atoms with Crippen LogP contribution in [0, 0.1) is 24.2 Å². The Kier molecular flexibility index (Phi) is 5.19. The van der Waals surface area contributed by atoms with Gasteiger partial charge in [0.2, 0.25) is 5.91 Å². The van der Waals surface area contributed by atoms with Gasteiger partial charge in [-0.05, 0) is 36.8 Å². The van der Waals surface area contributed by atoms with Crippen LogP contribution in [0.15, 0.2) is 6.07 Å². The van der Waals surface area contributed by atoms with E-state index in [1.54, 1.807) is 0 Å². The molecule has 0 bridgehead atoms. The number of hydrogen-bond acceptors (Lipinski definition) is 3. The van der Waals surface area contributed by atoms with Gasteiger partial charge in [-0.25, -0.2) is 0 Å². The minimum Gasteiger partial charge on any atom is -0.337 e. The Labute approximate surface area is 143 Å². The normalized spacial score (nSPS) is 22.1. The third-order valence-electron chi connectivity index (χ3n) is 4.19. The zero-order chi connectivity index (χ0) is 17.4. The second-order valence-electron chi connectivity index (χ2n) is 7.98. The molecule has 2 heterocycles. The molecule has 1 N–H and O–H groups in total. The molecule has 1 saturated heterocycles. The van der Waals surface area contributed by atoms with E-state index in [0.29, 0.717) is 11.8 Å². The van der Waals surface area contributed by atoms with E-state index in [1.165, 1.54) is 17.8 Å². The number of piperidine rings is 1. The van der Waals surface area contributed by atoms with E-state index >= 15 is 0 Å². The molecule has 128 valence electrons. The number of nitrogens with one attached hydrogen (secondary N) is 1. The average molecular weight is 337 g/mol. The third-order valence-corrected chi connectivity index (χ3v) is 5.33. The van der Waals surface area contributed by atoms with Gasteiger partial charge in [-0.1, -0.05) is 34.6 Å². The van der Waals surface area contributed by atoms with Gasteiger partial charge in [0.05, 0.1) is 9.88 Å². The van der Waals surface area contributed by atoms with Gasteiger partial charge < -0.3 is 10.2 Å². The molecule has 2 amide bonds. The molecule has 0 aromatic carbocycles. The van der Waals surface area contributed by atoms with Crippen LogP contribution >= 0.6 is 11.3 Å². The Bertz CT molecular complexity index is 591. The highest BCUT2D eigenvalue weighted by Crippen LogP contribution is 2.31. The Morgan fingerprint density at radius 2 is 1.78 bits per heavy atom. The molecule has 2 unspecified atom stereocenters. The number of carbonyl (C=O) groups is 2. The molecule has 0 spiro atoms. The second kappa shape index (κ2) is 6.63. The Balaban J connectivity index is 2.14. The Hall–Kier alpha value is -1.36. The molecule has 0 radical (unpaired) electrons. The molecule has 2 atom stereocenters. The van der Waals surface area contributed by atoms with E-state index in [1.807, 2.05) is 38.7 Å². The monoisotopic (exact) mass is 336 g/mol. The molecule has 2 rings (SSSR count). The molecule has 23 heavy (non-hydrogen) atoms. The number of anilines is 1. The number of aryl methyl sites for hydroxylation is 1. The van der Waals surface area contributed by atoms with Gasteiger partial charge in [-0.3, -0.25) is 9.59 Å². The highest BCUT2D eigenvalue weighted by Gasteiger charge is 2.28. The fourth-order valence-corrected chi connectivity index (χ4v) is 4.06. The molecule has 1 aliphatic heterocycles. The molecule has 1 aromatic heterocycles. The van der Waals surface area contributed by atoms with Gasteiger partial charge in [0.25, 0.3) is 5.91 Å². The van der Waals surface area contributed by atoms with Crippen molar-refractivity contribution in [3.8, 4) is 0 Å². The summed E-state index contributed by atoms with van der Waals surface area (Å²) in [5.74, 6) is 1.16. The second-order valence-corrected chi connectivity index (χ2v) is 9.04. The van der Waals surface area contributed by atoms with Gasteiger partial charge in [-0.15, -0.1) is 11.3 Å². The molecule has 1 fully saturated rings. The summed E-state index contributed by atoms with van der Waals surface area (Å²) in [5.41, 5.74) is 0.495. The van der Waals surface area contributed by atoms with Gasteiger partial charge in [0.15, 0.2) is 0 Å². The van der Waals surface area contributed by atoms with Gasteiger partial charge in [0.1, 0.15) is 0 Å². The largest absolute Gasteiger partial charge is 0.337 e. The first-order chi connectivity index (χ1) is 10.6. The van der Waals surface area contributed by atoms with Crippen molar-refractivity contribution >= 4 is 28.2 Å². The van der Waals surface area contributed by atoms with Crippen LogP contribution in [0.3, 0.4) is 0 Å². The van der Waals surface area contributed by atoms with Crippen LogP contribution in [0.4, 0.5) is 5.00 Å². The van der Waals surface area contributed by atoms with Crippen LogP contribution in [0.2, 0.25) is 0 Å². The maximum Gasteiger partial charge on any atom is 0.264 e. The predicted octanol–water partition coefficient (Wildman–Crippen LogP) is 4.16. The minimum absolute atomic E-state index is 0.0297. The predicted molar refractivity (Wildman–Crippen MR) is 96.0 cm³/mol. The lowest BCUT2D eigenvalue weighted by Gasteiger charge is -2.34. The fraction of sp³-hybridized carbons (Fsp3) is 0.667. The van der Waals surface area contributed by atoms with E-state index < -0.39 is 5.41 Å². The van der Waals surface area contributed by atoms with Crippen LogP contribution in [0.5, 0.6) is 0 Å². The molecule has 1 aliphatic rings. The summed E-state index contributed by atoms with van der Waals surface area (Å²) in [7, 11) is 0. The summed E-state index contributed by atoms with van der Waals surface area (Å²) in [6.45, 7) is 13.6. The summed E-state index contributed by atoms with van der Waals surface area (Å²) in [6.07, 6.45) is 1.18. The lowest BCUT2D eigenvalue weighted by molar-refractivity contribution is -0.123. The summed E-state index contributed by atoms with van der Waals surface area (Å²) >= 11 is 1.38. The highest BCUT2D eigenvalue weighted by molar-refractivity contribution is 7.18. The van der Waals surface area contributed by atoms with Crippen LogP contribution in [0.1, 0.15) is 56.3 Å². The third kappa shape index (κ3) is 4.34. The highest BCUT2D eigenvalue weighted by atomic mass is 32.1. The van der Waals surface area contributed by atoms with Crippen molar-refractivity contribution in [2.24, 2.45) is 17.3 Å². The number of amides is 2. The lowest BCUT2D eigenvalue weighted by atomic mass is 9.92. The number of hydrogen-bond donors (Lipinski definition) is 1. The molecule has 0 saturated carbocycles. The minimum atomic E-state index is -0.445. The number of nitrogens with zero attached hydrogens (tertiary/aromatic N) is 1. The molecular weight excluding hydrogens is 308 g/mol. The molecular formula is C18H28N2O2S. The average Bonchev–Trinajstić information content (AvgIpc) is 2.76. The van der Waals surface area contributed by atoms with Crippen molar-refractivity contribution in [1.82, 2.24) is 4.90 Å². The van der Waals surface area contributed by atoms with Crippen molar-refractivity contribution in [1.29, 1.82) is 0 Å². The van der Waals surface area contributed by atoms with Crippen LogP contribution in [-0.2, 0) is 4.79 Å². The fourth-order valence-electron chi connectivity index (χ4n) is 3.03. The summed E-state index contributed by atoms with van der Waals surface area (Å²) in [6, 6.07) is 1.90. The van der Waals surface area contributed by atoms with E-state index in [4.69, 9.17) is 0 Å². The van der Waals surface area contributed by atoms with Gasteiger partial charge in [0, 0.05) is 18.5 Å². The lowest BCUT2D eigenvalue weighted by Crippen LogP contribution is -2.42. The first-order valence-electron chi connectivity index (χ1n) is 8.29. The SMILES string of the molecule is Cc1cc(NC(=O)C(C)(C)C)sc1C(=O)N1CC(C)CC(C)C1. The Morgan fingerprint density at radius 1 is 1.22 bits per heavy atom. The number of rotatable bonds is 2. The van der Waals surface area contributed by atoms with Crippen LogP contribution < -0.4 is 5.32 Å². The Morgan fingerprint density at radius 3 is 2.30 bits per heavy atom. The van der Waals surface area contributed by atoms with Crippen molar-refractivity contribution in [2.45, 2.75) is 48.0 Å². The standard InChI is InChI=1S/C18H28N2O2S/c1-11-7-12(2)10-20(9-11)16(21)15-13(3)8-14(23-15)19-17(22)18(4,5)6/h8,11-12H,7,9-10H2,1-6H3,(H,19,22). The molecule has 5 heteroatoms. The molecule has 0 aliphatic carbocycles. The summed E-state index contributed by atoms with van der Waals surface area (Å²) in [4.78, 5) is 27.7. The van der Waals surface area contributed by atoms with E-state index in [0.717, 1.165) is 28.5 Å². The quantitative estimate of drug-likeness (QED) is 0.881. The number of likely N-dealkylation sites (tertiary alicyclic amines) is 1. The summed E-state index contributed by atoms with van der Waals surface area (Å²) < 4.78 is 0. The van der Waals surface area contributed by atoms with Crippen molar-refractivity contribution < 1.29 is 9.59 Å². The smallest absolute Gasteiger partial charge is 0.264 e. The maximum absolute atomic E-state index is 12.8. The molecule has 4 nitrogen and oxygen atoms in total. The topological polar surface area (TPSA) is 49.4 Å². The van der Waals surface area contributed by atoms with Crippen LogP contribution in [0.25, 0.3) is 0 Å². The van der Waals surface area contributed by atoms with Crippen LogP contribution in [-0.4, -0.2) is 29.8 Å². The zero-order valence-electron chi connectivity index (χ0n) is 15.0. The van der Waals surface area contributed by atoms with E-state index in [2.05, 4.69) is 19.2 Å². The van der Waals surface area contributed by atoms with Crippen molar-refractivity contribution in [2.75, 3.05) is 18.4 Å². The zero-order valence-corrected chi connectivity index (χ0v) is 15.8. The number of carbonyl (C=O) groups excluding carboxylic acids is 2. The maximum atomic E-state index is 12.8. The van der Waals surface area contributed by atoms with E-state index in [-0.39, 0.29) is 11.8 Å². The number of thiophene rings is 1. The van der Waals surface area contributed by atoms with Gasteiger partial charge in [-0.2, -0.15) is 0 Å². The molecule has 1 aromatic rings. The van der Waals surface area contributed by atoms with Gasteiger partial charge >= 0.3 is 0 Å². The summed E-state index contributed by atoms with van der Waals surface area (Å²) in [5, 5.41) is 3.68. The van der Waals surface area contributed by atoms with Crippen molar-refractivity contribution in [3.05, 3.63) is 16.5 Å². The van der Waals surface area contributed by atoms with E-state index in [9.17, 15) is 9.59 Å². The first kappa shape index (κ1) is 18.0. The van der Waals surface area contributed by atoms with Crippen molar-refractivity contribution in [3.63, 3.8) is 0 Å². The first-order valence-corrected chi connectivity index (χ1v) is 9.10.